The lowest BCUT2D eigenvalue weighted by molar-refractivity contribution is -0.425. The van der Waals surface area contributed by atoms with Gasteiger partial charge in [0.25, 0.3) is 0 Å². The van der Waals surface area contributed by atoms with Gasteiger partial charge in [0, 0.05) is 32.3 Å². The number of hydrogen-bond donors (Lipinski definition) is 0. The van der Waals surface area contributed by atoms with Gasteiger partial charge in [-0.25, -0.2) is 0 Å². The Hall–Kier alpha value is -1.84. The van der Waals surface area contributed by atoms with Gasteiger partial charge in [0.1, 0.15) is 0 Å². The van der Waals surface area contributed by atoms with Crippen molar-refractivity contribution in [3.05, 3.63) is 45.6 Å². The van der Waals surface area contributed by atoms with E-state index < -0.39 is 0 Å². The molecule has 0 N–H and O–H groups in total. The van der Waals surface area contributed by atoms with Gasteiger partial charge in [-0.05, 0) is 17.7 Å². The molecule has 0 saturated carbocycles. The highest BCUT2D eigenvalue weighted by atomic mass is 16.6. The Balaban J connectivity index is 2.94. The van der Waals surface area contributed by atoms with Gasteiger partial charge < -0.3 is 4.90 Å². The number of rotatable bonds is 4. The second kappa shape index (κ2) is 5.30. The van der Waals surface area contributed by atoms with Crippen LogP contribution in [-0.2, 0) is 0 Å². The maximum absolute atomic E-state index is 10.6. The molecule has 0 bridgehead atoms. The zero-order valence-electron chi connectivity index (χ0n) is 9.80. The van der Waals surface area contributed by atoms with Crippen LogP contribution < -0.4 is 4.90 Å². The molecule has 0 aliphatic rings. The van der Waals surface area contributed by atoms with Crippen LogP contribution in [0.1, 0.15) is 18.9 Å². The molecule has 0 aliphatic heterocycles. The highest BCUT2D eigenvalue weighted by molar-refractivity contribution is 5.56. The maximum atomic E-state index is 10.6. The summed E-state index contributed by atoms with van der Waals surface area (Å²) in [6.07, 6.45) is 2.04. The molecule has 1 aromatic rings. The molecule has 0 amide bonds. The van der Waals surface area contributed by atoms with E-state index in [1.807, 2.05) is 43.3 Å². The van der Waals surface area contributed by atoms with Gasteiger partial charge >= 0.3 is 0 Å². The molecule has 0 aromatic heterocycles. The van der Waals surface area contributed by atoms with E-state index in [0.717, 1.165) is 11.3 Å². The van der Waals surface area contributed by atoms with Crippen LogP contribution in [0.4, 0.5) is 5.69 Å². The third kappa shape index (κ3) is 3.08. The van der Waals surface area contributed by atoms with Crippen LogP contribution in [0, 0.1) is 10.1 Å². The Morgan fingerprint density at radius 2 is 1.94 bits per heavy atom. The van der Waals surface area contributed by atoms with Crippen molar-refractivity contribution in [3.8, 4) is 0 Å². The van der Waals surface area contributed by atoms with Crippen LogP contribution in [0.15, 0.2) is 30.0 Å². The van der Waals surface area contributed by atoms with Crippen molar-refractivity contribution >= 4 is 11.8 Å². The van der Waals surface area contributed by atoms with E-state index in [1.165, 1.54) is 0 Å². The van der Waals surface area contributed by atoms with E-state index in [-0.39, 0.29) is 10.6 Å². The van der Waals surface area contributed by atoms with Crippen molar-refractivity contribution in [2.24, 2.45) is 0 Å². The van der Waals surface area contributed by atoms with Gasteiger partial charge in [-0.1, -0.05) is 19.1 Å². The number of hydrogen-bond acceptors (Lipinski definition) is 3. The second-order valence-electron chi connectivity index (χ2n) is 3.73. The van der Waals surface area contributed by atoms with Crippen LogP contribution >= 0.6 is 0 Å². The van der Waals surface area contributed by atoms with Gasteiger partial charge in [0.15, 0.2) is 0 Å². The summed E-state index contributed by atoms with van der Waals surface area (Å²) in [4.78, 5) is 12.3. The van der Waals surface area contributed by atoms with E-state index in [0.29, 0.717) is 6.42 Å². The summed E-state index contributed by atoms with van der Waals surface area (Å²) < 4.78 is 0. The highest BCUT2D eigenvalue weighted by Crippen LogP contribution is 2.15. The third-order valence-electron chi connectivity index (χ3n) is 2.34. The first-order valence-electron chi connectivity index (χ1n) is 5.17. The molecule has 0 fully saturated rings. The summed E-state index contributed by atoms with van der Waals surface area (Å²) in [5, 5.41) is 10.6. The predicted molar refractivity (Wildman–Crippen MR) is 66.0 cm³/mol. The summed E-state index contributed by atoms with van der Waals surface area (Å²) >= 11 is 0. The van der Waals surface area contributed by atoms with Crippen LogP contribution in [0.5, 0.6) is 0 Å². The van der Waals surface area contributed by atoms with Crippen molar-refractivity contribution in [1.82, 2.24) is 0 Å². The summed E-state index contributed by atoms with van der Waals surface area (Å²) in [5.74, 6) is 0. The Bertz CT molecular complexity index is 394. The first kappa shape index (κ1) is 12.2. The summed E-state index contributed by atoms with van der Waals surface area (Å²) in [6.45, 7) is 1.78. The Kier molecular flexibility index (Phi) is 4.05. The predicted octanol–water partition coefficient (Wildman–Crippen LogP) is 2.78. The fourth-order valence-corrected chi connectivity index (χ4v) is 1.34. The first-order valence-corrected chi connectivity index (χ1v) is 5.17. The average Bonchev–Trinajstić information content (AvgIpc) is 2.26. The van der Waals surface area contributed by atoms with Crippen LogP contribution in [0.3, 0.4) is 0 Å². The number of benzene rings is 1. The molecule has 4 nitrogen and oxygen atoms in total. The minimum absolute atomic E-state index is 0.234. The smallest absolute Gasteiger partial charge is 0.246 e. The lowest BCUT2D eigenvalue weighted by Gasteiger charge is -2.11. The largest absolute Gasteiger partial charge is 0.378 e. The molecular weight excluding hydrogens is 204 g/mol. The molecule has 0 spiro atoms. The lowest BCUT2D eigenvalue weighted by atomic mass is 10.1. The Labute approximate surface area is 95.3 Å². The van der Waals surface area contributed by atoms with Crippen molar-refractivity contribution in [1.29, 1.82) is 0 Å². The molecule has 1 rings (SSSR count). The fraction of sp³-hybridized carbons (Fsp3) is 0.333. The molecule has 0 radical (unpaired) electrons. The minimum Gasteiger partial charge on any atom is -0.378 e. The number of anilines is 1. The van der Waals surface area contributed by atoms with E-state index in [4.69, 9.17) is 0 Å². The minimum atomic E-state index is -0.333. The lowest BCUT2D eigenvalue weighted by Crippen LogP contribution is -2.07. The second-order valence-corrected chi connectivity index (χ2v) is 3.73. The number of nitrogens with zero attached hydrogens (tertiary/aromatic N) is 2. The van der Waals surface area contributed by atoms with Crippen molar-refractivity contribution < 1.29 is 4.92 Å². The fourth-order valence-electron chi connectivity index (χ4n) is 1.34. The van der Waals surface area contributed by atoms with E-state index in [2.05, 4.69) is 0 Å². The molecule has 1 aromatic carbocycles. The van der Waals surface area contributed by atoms with Crippen LogP contribution in [0.2, 0.25) is 0 Å². The van der Waals surface area contributed by atoms with Crippen molar-refractivity contribution in [2.45, 2.75) is 13.3 Å². The quantitative estimate of drug-likeness (QED) is 0.579. The zero-order chi connectivity index (χ0) is 12.1. The molecular formula is C12H16N2O2. The van der Waals surface area contributed by atoms with Crippen LogP contribution in [-0.4, -0.2) is 19.0 Å². The Morgan fingerprint density at radius 3 is 2.31 bits per heavy atom. The van der Waals surface area contributed by atoms with Gasteiger partial charge in [0.05, 0.1) is 4.92 Å². The third-order valence-corrected chi connectivity index (χ3v) is 2.34. The molecule has 16 heavy (non-hydrogen) atoms. The standard InChI is InChI=1S/C12H16N2O2/c1-4-11(14(15)16)9-10-5-7-12(8-6-10)13(2)3/h5-9H,4H2,1-3H3. The molecule has 0 heterocycles. The van der Waals surface area contributed by atoms with E-state index >= 15 is 0 Å². The van der Waals surface area contributed by atoms with Gasteiger partial charge in [-0.2, -0.15) is 0 Å². The molecule has 86 valence electrons. The monoisotopic (exact) mass is 220 g/mol. The van der Waals surface area contributed by atoms with E-state index in [9.17, 15) is 10.1 Å². The molecule has 4 heteroatoms. The zero-order valence-corrected chi connectivity index (χ0v) is 9.80. The molecule has 0 atom stereocenters. The van der Waals surface area contributed by atoms with Gasteiger partial charge in [-0.15, -0.1) is 0 Å². The summed E-state index contributed by atoms with van der Waals surface area (Å²) in [7, 11) is 3.92. The average molecular weight is 220 g/mol. The van der Waals surface area contributed by atoms with Crippen molar-refractivity contribution in [2.75, 3.05) is 19.0 Å². The summed E-state index contributed by atoms with van der Waals surface area (Å²) in [5.41, 5.74) is 2.17. The highest BCUT2D eigenvalue weighted by Gasteiger charge is 2.06. The first-order chi connectivity index (χ1) is 7.54. The van der Waals surface area contributed by atoms with Gasteiger partial charge in [-0.3, -0.25) is 10.1 Å². The topological polar surface area (TPSA) is 46.4 Å². The molecule has 0 aliphatic carbocycles. The van der Waals surface area contributed by atoms with Crippen molar-refractivity contribution in [3.63, 3.8) is 0 Å². The summed E-state index contributed by atoms with van der Waals surface area (Å²) in [6, 6.07) is 7.65. The SMILES string of the molecule is CCC(=Cc1ccc(N(C)C)cc1)[N+](=O)[O-]. The van der Waals surface area contributed by atoms with Gasteiger partial charge in [0.2, 0.25) is 5.70 Å². The number of allylic oxidation sites excluding steroid dienone is 1. The Morgan fingerprint density at radius 1 is 1.38 bits per heavy atom. The van der Waals surface area contributed by atoms with E-state index in [1.54, 1.807) is 13.0 Å². The maximum Gasteiger partial charge on any atom is 0.246 e. The normalized spacial score (nSPS) is 11.3. The molecule has 0 unspecified atom stereocenters. The molecule has 0 saturated heterocycles. The number of nitro groups is 1. The van der Waals surface area contributed by atoms with Crippen LogP contribution in [0.25, 0.3) is 6.08 Å².